The van der Waals surface area contributed by atoms with Crippen molar-refractivity contribution in [2.45, 2.75) is 83.4 Å². The minimum absolute atomic E-state index is 0.0124. The molecule has 1 amide bonds. The van der Waals surface area contributed by atoms with E-state index in [1.807, 2.05) is 0 Å². The van der Waals surface area contributed by atoms with Gasteiger partial charge in [-0.1, -0.05) is 36.9 Å². The Morgan fingerprint density at radius 2 is 1.63 bits per heavy atom. The van der Waals surface area contributed by atoms with Crippen molar-refractivity contribution in [3.63, 3.8) is 0 Å². The Morgan fingerprint density at radius 3 is 2.13 bits per heavy atom. The Kier molecular flexibility index (Phi) is 10.7. The molecule has 0 saturated carbocycles. The van der Waals surface area contributed by atoms with E-state index in [1.165, 1.54) is 18.2 Å². The van der Waals surface area contributed by atoms with E-state index in [9.17, 15) is 36.3 Å². The van der Waals surface area contributed by atoms with E-state index >= 15 is 0 Å². The molecule has 2 N–H and O–H groups in total. The zero-order chi connectivity index (χ0) is 29.6. The van der Waals surface area contributed by atoms with Gasteiger partial charge < -0.3 is 19.9 Å². The number of carbonyl (C=O) groups is 2. The van der Waals surface area contributed by atoms with Crippen LogP contribution in [-0.4, -0.2) is 61.0 Å². The van der Waals surface area contributed by atoms with E-state index in [4.69, 9.17) is 9.47 Å². The standard InChI is InChI=1S/C25H35F3N2O7S/c1-8-17-11-9-10-12-18(17)24(33,25(26,27)28)14-16-38(34,35)29-15-13-19(20(31)36-22(2,3)4)30-21(32)37-23(5,6)7/h8-12,15,19,33H,1,13-14,16H2,2-7H3,(H,30,32)/t19-,24?/m0/s1. The highest BCUT2D eigenvalue weighted by Gasteiger charge is 2.55. The summed E-state index contributed by atoms with van der Waals surface area (Å²) in [5.41, 5.74) is -5.87. The SMILES string of the molecule is C=Cc1ccccc1C(O)(CCS(=O)(=O)N=CC[C@H](NC(=O)OC(C)(C)C)C(=O)OC(C)(C)C)C(F)(F)F. The predicted molar refractivity (Wildman–Crippen MR) is 137 cm³/mol. The molecular formula is C25H35F3N2O7S. The Labute approximate surface area is 221 Å². The van der Waals surface area contributed by atoms with Crippen LogP contribution >= 0.6 is 0 Å². The summed E-state index contributed by atoms with van der Waals surface area (Å²) >= 11 is 0. The van der Waals surface area contributed by atoms with Gasteiger partial charge in [-0.15, -0.1) is 0 Å². The molecule has 0 saturated heterocycles. The monoisotopic (exact) mass is 564 g/mol. The predicted octanol–water partition coefficient (Wildman–Crippen LogP) is 4.50. The molecule has 0 bridgehead atoms. The van der Waals surface area contributed by atoms with Crippen LogP contribution in [0, 0.1) is 0 Å². The van der Waals surface area contributed by atoms with E-state index < -0.39 is 75.3 Å². The zero-order valence-electron chi connectivity index (χ0n) is 22.3. The fraction of sp³-hybridized carbons (Fsp3) is 0.560. The number of halogens is 3. The lowest BCUT2D eigenvalue weighted by atomic mass is 9.87. The first-order chi connectivity index (χ1) is 17.1. The summed E-state index contributed by atoms with van der Waals surface area (Å²) in [5.74, 6) is -2.07. The van der Waals surface area contributed by atoms with Crippen LogP contribution in [-0.2, 0) is 29.9 Å². The molecule has 9 nitrogen and oxygen atoms in total. The molecule has 1 aromatic rings. The second-order valence-electron chi connectivity index (χ2n) is 10.4. The lowest BCUT2D eigenvalue weighted by Crippen LogP contribution is -2.46. The third-order valence-corrected chi connectivity index (χ3v) is 5.97. The zero-order valence-corrected chi connectivity index (χ0v) is 23.1. The summed E-state index contributed by atoms with van der Waals surface area (Å²) in [6, 6.07) is 3.67. The van der Waals surface area contributed by atoms with Crippen LogP contribution in [0.3, 0.4) is 0 Å². The molecule has 0 heterocycles. The largest absolute Gasteiger partial charge is 0.458 e. The van der Waals surface area contributed by atoms with Crippen molar-refractivity contribution in [3.05, 3.63) is 42.0 Å². The van der Waals surface area contributed by atoms with Gasteiger partial charge in [-0.05, 0) is 52.7 Å². The normalized spacial score (nSPS) is 15.4. The van der Waals surface area contributed by atoms with Gasteiger partial charge in [0, 0.05) is 19.1 Å². The maximum absolute atomic E-state index is 13.9. The van der Waals surface area contributed by atoms with Gasteiger partial charge in [0.1, 0.15) is 17.2 Å². The van der Waals surface area contributed by atoms with E-state index in [0.717, 1.165) is 18.4 Å². The van der Waals surface area contributed by atoms with Crippen LogP contribution in [0.15, 0.2) is 35.2 Å². The summed E-state index contributed by atoms with van der Waals surface area (Å²) < 4.78 is 80.2. The quantitative estimate of drug-likeness (QED) is 0.316. The van der Waals surface area contributed by atoms with Crippen molar-refractivity contribution >= 4 is 34.4 Å². The van der Waals surface area contributed by atoms with Crippen LogP contribution in [0.2, 0.25) is 0 Å². The van der Waals surface area contributed by atoms with Gasteiger partial charge in [-0.25, -0.2) is 18.0 Å². The molecule has 13 heteroatoms. The number of rotatable bonds is 10. The van der Waals surface area contributed by atoms with Gasteiger partial charge in [0.05, 0.1) is 5.75 Å². The van der Waals surface area contributed by atoms with Gasteiger partial charge in [0.2, 0.25) is 0 Å². The number of hydrogen-bond acceptors (Lipinski definition) is 7. The number of alkyl carbamates (subject to hydrolysis) is 1. The summed E-state index contributed by atoms with van der Waals surface area (Å²) in [7, 11) is -4.53. The van der Waals surface area contributed by atoms with Crippen molar-refractivity contribution in [2.24, 2.45) is 4.40 Å². The van der Waals surface area contributed by atoms with Gasteiger partial charge in [0.15, 0.2) is 5.60 Å². The van der Waals surface area contributed by atoms with Gasteiger partial charge in [0.25, 0.3) is 10.0 Å². The molecule has 0 spiro atoms. The number of sulfonamides is 1. The highest BCUT2D eigenvalue weighted by atomic mass is 32.2. The van der Waals surface area contributed by atoms with Crippen molar-refractivity contribution < 1.29 is 45.8 Å². The average Bonchev–Trinajstić information content (AvgIpc) is 2.73. The third kappa shape index (κ3) is 10.4. The fourth-order valence-electron chi connectivity index (χ4n) is 3.11. The molecule has 0 aliphatic carbocycles. The topological polar surface area (TPSA) is 131 Å². The van der Waals surface area contributed by atoms with Crippen LogP contribution in [0.4, 0.5) is 18.0 Å². The molecule has 0 fully saturated rings. The number of hydrogen-bond donors (Lipinski definition) is 2. The maximum Gasteiger partial charge on any atom is 0.421 e. The number of aliphatic hydroxyl groups is 1. The number of benzene rings is 1. The average molecular weight is 565 g/mol. The highest BCUT2D eigenvalue weighted by molar-refractivity contribution is 7.90. The number of nitrogens with zero attached hydrogens (tertiary/aromatic N) is 1. The molecule has 0 aromatic heterocycles. The Hall–Kier alpha value is -2.93. The molecular weight excluding hydrogens is 529 g/mol. The molecule has 214 valence electrons. The fourth-order valence-corrected chi connectivity index (χ4v) is 4.08. The molecule has 2 atom stereocenters. The van der Waals surface area contributed by atoms with Crippen LogP contribution in [0.1, 0.15) is 65.5 Å². The molecule has 0 aliphatic heterocycles. The molecule has 1 unspecified atom stereocenters. The first kappa shape index (κ1) is 33.1. The number of amides is 1. The maximum atomic E-state index is 13.9. The van der Waals surface area contributed by atoms with Crippen molar-refractivity contribution in [1.82, 2.24) is 5.32 Å². The smallest absolute Gasteiger partial charge is 0.421 e. The summed E-state index contributed by atoms with van der Waals surface area (Å²) in [5, 5.41) is 12.8. The lowest BCUT2D eigenvalue weighted by Gasteiger charge is -2.32. The van der Waals surface area contributed by atoms with Crippen molar-refractivity contribution in [1.29, 1.82) is 0 Å². The van der Waals surface area contributed by atoms with Crippen LogP contribution in [0.25, 0.3) is 6.08 Å². The Morgan fingerprint density at radius 1 is 1.08 bits per heavy atom. The van der Waals surface area contributed by atoms with Gasteiger partial charge in [-0.3, -0.25) is 0 Å². The lowest BCUT2D eigenvalue weighted by molar-refractivity contribution is -0.267. The van der Waals surface area contributed by atoms with E-state index in [-0.39, 0.29) is 5.56 Å². The molecule has 0 radical (unpaired) electrons. The summed E-state index contributed by atoms with van der Waals surface area (Å²) in [6.07, 6.45) is -5.99. The molecule has 38 heavy (non-hydrogen) atoms. The third-order valence-electron chi connectivity index (χ3n) is 4.78. The highest BCUT2D eigenvalue weighted by Crippen LogP contribution is 2.43. The van der Waals surface area contributed by atoms with Crippen molar-refractivity contribution in [3.8, 4) is 0 Å². The van der Waals surface area contributed by atoms with Crippen LogP contribution < -0.4 is 5.32 Å². The minimum atomic E-state index is -5.20. The Balaban J connectivity index is 3.11. The van der Waals surface area contributed by atoms with E-state index in [1.54, 1.807) is 41.5 Å². The second kappa shape index (κ2) is 12.3. The number of alkyl halides is 3. The number of ether oxygens (including phenoxy) is 2. The molecule has 1 aromatic carbocycles. The number of carbonyl (C=O) groups excluding carboxylic acids is 2. The number of esters is 1. The molecule has 1 rings (SSSR count). The van der Waals surface area contributed by atoms with E-state index in [2.05, 4.69) is 16.3 Å². The first-order valence-electron chi connectivity index (χ1n) is 11.6. The summed E-state index contributed by atoms with van der Waals surface area (Å²) in [6.45, 7) is 13.0. The van der Waals surface area contributed by atoms with Crippen LogP contribution in [0.5, 0.6) is 0 Å². The van der Waals surface area contributed by atoms with E-state index in [0.29, 0.717) is 0 Å². The minimum Gasteiger partial charge on any atom is -0.458 e. The van der Waals surface area contributed by atoms with Crippen molar-refractivity contribution in [2.75, 3.05) is 5.75 Å². The Bertz CT molecular complexity index is 1140. The number of nitrogens with one attached hydrogen (secondary N) is 1. The second-order valence-corrected chi connectivity index (χ2v) is 12.2. The van der Waals surface area contributed by atoms with Gasteiger partial charge in [-0.2, -0.15) is 17.6 Å². The summed E-state index contributed by atoms with van der Waals surface area (Å²) in [4.78, 5) is 24.7. The van der Waals surface area contributed by atoms with Gasteiger partial charge >= 0.3 is 18.2 Å². The first-order valence-corrected chi connectivity index (χ1v) is 13.2. The molecule has 0 aliphatic rings.